The summed E-state index contributed by atoms with van der Waals surface area (Å²) in [5.41, 5.74) is 1.27. The normalized spacial score (nSPS) is 22.5. The molecular formula is C14H23N3S. The Hall–Kier alpha value is -0.450. The Bertz CT molecular complexity index is 378. The number of hydrogen-bond acceptors (Lipinski definition) is 4. The van der Waals surface area contributed by atoms with Crippen molar-refractivity contribution in [1.82, 2.24) is 15.2 Å². The van der Waals surface area contributed by atoms with Gasteiger partial charge in [0, 0.05) is 24.5 Å². The van der Waals surface area contributed by atoms with Crippen molar-refractivity contribution >= 4 is 11.3 Å². The van der Waals surface area contributed by atoms with Gasteiger partial charge in [0.2, 0.25) is 0 Å². The van der Waals surface area contributed by atoms with E-state index >= 15 is 0 Å². The van der Waals surface area contributed by atoms with Gasteiger partial charge in [-0.15, -0.1) is 11.3 Å². The van der Waals surface area contributed by atoms with Crippen LogP contribution in [0.1, 0.15) is 43.3 Å². The molecule has 0 spiro atoms. The number of hydrogen-bond donors (Lipinski definition) is 1. The molecule has 2 aliphatic rings. The molecule has 3 rings (SSSR count). The highest BCUT2D eigenvalue weighted by Crippen LogP contribution is 2.21. The van der Waals surface area contributed by atoms with Gasteiger partial charge in [-0.05, 0) is 44.7 Å². The third kappa shape index (κ3) is 3.53. The highest BCUT2D eigenvalue weighted by Gasteiger charge is 2.21. The zero-order chi connectivity index (χ0) is 12.4. The van der Waals surface area contributed by atoms with E-state index in [0.717, 1.165) is 25.0 Å². The van der Waals surface area contributed by atoms with Crippen molar-refractivity contribution in [3.8, 4) is 0 Å². The van der Waals surface area contributed by atoms with Gasteiger partial charge in [0.05, 0.1) is 5.69 Å². The summed E-state index contributed by atoms with van der Waals surface area (Å²) in [6.45, 7) is 6.86. The first kappa shape index (κ1) is 12.6. The smallest absolute Gasteiger partial charge is 0.107 e. The highest BCUT2D eigenvalue weighted by molar-refractivity contribution is 7.09. The summed E-state index contributed by atoms with van der Waals surface area (Å²) in [5.74, 6) is 0.912. The molecule has 1 aliphatic carbocycles. The van der Waals surface area contributed by atoms with Gasteiger partial charge in [-0.2, -0.15) is 0 Å². The van der Waals surface area contributed by atoms with Gasteiger partial charge >= 0.3 is 0 Å². The van der Waals surface area contributed by atoms with Crippen LogP contribution in [0.5, 0.6) is 0 Å². The minimum absolute atomic E-state index is 0.779. The maximum atomic E-state index is 4.74. The lowest BCUT2D eigenvalue weighted by atomic mass is 9.99. The molecule has 0 radical (unpaired) electrons. The van der Waals surface area contributed by atoms with Crippen molar-refractivity contribution in [2.45, 2.75) is 51.7 Å². The molecule has 1 saturated heterocycles. The van der Waals surface area contributed by atoms with E-state index in [1.165, 1.54) is 49.5 Å². The van der Waals surface area contributed by atoms with Crippen molar-refractivity contribution < 1.29 is 0 Å². The first-order chi connectivity index (χ1) is 8.79. The minimum Gasteiger partial charge on any atom is -0.308 e. The van der Waals surface area contributed by atoms with Crippen LogP contribution in [0.25, 0.3) is 0 Å². The zero-order valence-corrected chi connectivity index (χ0v) is 12.0. The second-order valence-electron chi connectivity index (χ2n) is 5.85. The molecule has 2 fully saturated rings. The van der Waals surface area contributed by atoms with Gasteiger partial charge in [-0.1, -0.05) is 6.92 Å². The molecule has 4 heteroatoms. The van der Waals surface area contributed by atoms with Gasteiger partial charge in [0.1, 0.15) is 5.01 Å². The zero-order valence-electron chi connectivity index (χ0n) is 11.2. The molecule has 0 aromatic carbocycles. The molecule has 1 N–H and O–H groups in total. The summed E-state index contributed by atoms with van der Waals surface area (Å²) < 4.78 is 0. The first-order valence-electron chi connectivity index (χ1n) is 7.18. The van der Waals surface area contributed by atoms with Crippen molar-refractivity contribution in [3.63, 3.8) is 0 Å². The topological polar surface area (TPSA) is 28.2 Å². The molecule has 2 heterocycles. The van der Waals surface area contributed by atoms with E-state index in [2.05, 4.69) is 22.5 Å². The largest absolute Gasteiger partial charge is 0.308 e. The summed E-state index contributed by atoms with van der Waals surface area (Å²) in [7, 11) is 0. The third-order valence-electron chi connectivity index (χ3n) is 3.98. The summed E-state index contributed by atoms with van der Waals surface area (Å²) >= 11 is 1.81. The lowest BCUT2D eigenvalue weighted by Crippen LogP contribution is -2.32. The van der Waals surface area contributed by atoms with E-state index < -0.39 is 0 Å². The second kappa shape index (κ2) is 5.68. The minimum atomic E-state index is 0.779. The van der Waals surface area contributed by atoms with Crippen LogP contribution < -0.4 is 5.32 Å². The number of nitrogens with zero attached hydrogens (tertiary/aromatic N) is 2. The average molecular weight is 265 g/mol. The Labute approximate surface area is 114 Å². The number of rotatable bonds is 5. The lowest BCUT2D eigenvalue weighted by Gasteiger charge is -2.29. The van der Waals surface area contributed by atoms with Gasteiger partial charge in [-0.3, -0.25) is 4.90 Å². The molecule has 1 saturated carbocycles. The quantitative estimate of drug-likeness (QED) is 0.887. The molecule has 0 bridgehead atoms. The van der Waals surface area contributed by atoms with E-state index in [-0.39, 0.29) is 0 Å². The number of likely N-dealkylation sites (tertiary alicyclic amines) is 1. The van der Waals surface area contributed by atoms with E-state index in [0.29, 0.717) is 0 Å². The van der Waals surface area contributed by atoms with Crippen LogP contribution in [0.15, 0.2) is 5.38 Å². The number of aromatic nitrogens is 1. The van der Waals surface area contributed by atoms with E-state index in [4.69, 9.17) is 4.98 Å². The molecule has 0 atom stereocenters. The molecule has 1 aliphatic heterocycles. The summed E-state index contributed by atoms with van der Waals surface area (Å²) in [6.07, 6.45) is 5.40. The van der Waals surface area contributed by atoms with Crippen molar-refractivity contribution in [2.75, 3.05) is 13.1 Å². The van der Waals surface area contributed by atoms with Crippen LogP contribution in [0, 0.1) is 5.92 Å². The highest BCUT2D eigenvalue weighted by atomic mass is 32.1. The molecule has 0 amide bonds. The lowest BCUT2D eigenvalue weighted by molar-refractivity contribution is 0.183. The van der Waals surface area contributed by atoms with E-state index in [1.54, 1.807) is 0 Å². The van der Waals surface area contributed by atoms with Crippen LogP contribution in [0.4, 0.5) is 0 Å². The summed E-state index contributed by atoms with van der Waals surface area (Å²) in [4.78, 5) is 7.29. The fourth-order valence-electron chi connectivity index (χ4n) is 2.47. The van der Waals surface area contributed by atoms with Crippen LogP contribution >= 0.6 is 11.3 Å². The molecule has 3 nitrogen and oxygen atoms in total. The Morgan fingerprint density at radius 3 is 2.83 bits per heavy atom. The van der Waals surface area contributed by atoms with E-state index in [9.17, 15) is 0 Å². The summed E-state index contributed by atoms with van der Waals surface area (Å²) in [6, 6.07) is 0.779. The predicted molar refractivity (Wildman–Crippen MR) is 75.7 cm³/mol. The summed E-state index contributed by atoms with van der Waals surface area (Å²) in [5, 5.41) is 7.02. The molecule has 1 aromatic rings. The maximum absolute atomic E-state index is 4.74. The Balaban J connectivity index is 1.46. The maximum Gasteiger partial charge on any atom is 0.107 e. The molecule has 0 unspecified atom stereocenters. The van der Waals surface area contributed by atoms with Crippen molar-refractivity contribution in [3.05, 3.63) is 16.1 Å². The van der Waals surface area contributed by atoms with Gasteiger partial charge in [-0.25, -0.2) is 4.98 Å². The van der Waals surface area contributed by atoms with Crippen LogP contribution in [0.3, 0.4) is 0 Å². The van der Waals surface area contributed by atoms with Gasteiger partial charge in [0.15, 0.2) is 0 Å². The van der Waals surface area contributed by atoms with Crippen molar-refractivity contribution in [2.24, 2.45) is 5.92 Å². The van der Waals surface area contributed by atoms with Crippen LogP contribution in [-0.2, 0) is 13.1 Å². The van der Waals surface area contributed by atoms with Gasteiger partial charge in [0.25, 0.3) is 0 Å². The predicted octanol–water partition coefficient (Wildman–Crippen LogP) is 2.63. The van der Waals surface area contributed by atoms with E-state index in [1.807, 2.05) is 11.3 Å². The molecular weight excluding hydrogens is 242 g/mol. The molecule has 1 aromatic heterocycles. The molecule has 18 heavy (non-hydrogen) atoms. The first-order valence-corrected chi connectivity index (χ1v) is 8.06. The molecule has 100 valence electrons. The fraction of sp³-hybridized carbons (Fsp3) is 0.786. The van der Waals surface area contributed by atoms with Crippen LogP contribution in [-0.4, -0.2) is 29.0 Å². The second-order valence-corrected chi connectivity index (χ2v) is 6.79. The number of thiazole rings is 1. The number of piperidine rings is 1. The Morgan fingerprint density at radius 1 is 1.33 bits per heavy atom. The average Bonchev–Trinajstić information content (AvgIpc) is 3.10. The third-order valence-corrected chi connectivity index (χ3v) is 4.88. The Kier molecular flexibility index (Phi) is 3.97. The standard InChI is InChI=1S/C14H23N3S/c1-11-4-6-17(7-5-11)9-13-10-18-14(16-13)8-15-12-2-3-12/h10-12,15H,2-9H2,1H3. The fourth-order valence-corrected chi connectivity index (χ4v) is 3.21. The number of nitrogens with one attached hydrogen (secondary N) is 1. The van der Waals surface area contributed by atoms with Crippen LogP contribution in [0.2, 0.25) is 0 Å². The SMILES string of the molecule is CC1CCN(Cc2csc(CNC3CC3)n2)CC1. The monoisotopic (exact) mass is 265 g/mol. The Morgan fingerprint density at radius 2 is 2.11 bits per heavy atom. The van der Waals surface area contributed by atoms with Crippen molar-refractivity contribution in [1.29, 1.82) is 0 Å². The van der Waals surface area contributed by atoms with Gasteiger partial charge < -0.3 is 5.32 Å².